The van der Waals surface area contributed by atoms with E-state index in [0.29, 0.717) is 0 Å². The zero-order valence-corrected chi connectivity index (χ0v) is 15.5. The van der Waals surface area contributed by atoms with E-state index in [1.165, 1.54) is 17.1 Å². The summed E-state index contributed by atoms with van der Waals surface area (Å²) in [4.78, 5) is 11.7. The molecule has 0 spiro atoms. The second-order valence-corrected chi connectivity index (χ2v) is 6.18. The van der Waals surface area contributed by atoms with Crippen LogP contribution in [0.3, 0.4) is 0 Å². The number of rotatable bonds is 1. The first kappa shape index (κ1) is 20.0. The van der Waals surface area contributed by atoms with Crippen LogP contribution in [0.2, 0.25) is 0 Å². The first-order valence-electron chi connectivity index (χ1n) is 6.21. The Kier molecular flexibility index (Phi) is 9.42. The molecule has 0 saturated carbocycles. The predicted octanol–water partition coefficient (Wildman–Crippen LogP) is 4.33. The Morgan fingerprint density at radius 2 is 1.41 bits per heavy atom. The Balaban J connectivity index is 0. The summed E-state index contributed by atoms with van der Waals surface area (Å²) in [5.41, 5.74) is -0.413. The smallest absolute Gasteiger partial charge is 0.179 e. The van der Waals surface area contributed by atoms with Crippen molar-refractivity contribution in [1.82, 2.24) is 0 Å². The largest absolute Gasteiger partial charge is 0.320 e. The van der Waals surface area contributed by atoms with Crippen LogP contribution in [0, 0.1) is 17.2 Å². The minimum absolute atomic E-state index is 0. The summed E-state index contributed by atoms with van der Waals surface area (Å²) in [5.74, 6) is 1.50. The first-order chi connectivity index (χ1) is 7.13. The molecule has 0 aromatic heterocycles. The van der Waals surface area contributed by atoms with Crippen molar-refractivity contribution >= 4 is 0 Å². The molecule has 1 heterocycles. The van der Waals surface area contributed by atoms with E-state index in [9.17, 15) is 4.91 Å². The van der Waals surface area contributed by atoms with Crippen LogP contribution in [-0.4, -0.2) is 15.8 Å². The van der Waals surface area contributed by atoms with E-state index in [1.807, 2.05) is 27.7 Å². The summed E-state index contributed by atoms with van der Waals surface area (Å²) >= 11 is 0. The van der Waals surface area contributed by atoms with E-state index in [-0.39, 0.29) is 43.8 Å². The van der Waals surface area contributed by atoms with Gasteiger partial charge in [-0.1, -0.05) is 6.92 Å². The maximum atomic E-state index is 11.7. The number of hydrogen-bond donors (Lipinski definition) is 0. The van der Waals surface area contributed by atoms with Crippen molar-refractivity contribution in [2.24, 2.45) is 0 Å². The fourth-order valence-corrected chi connectivity index (χ4v) is 1.76. The van der Waals surface area contributed by atoms with Crippen molar-refractivity contribution in [2.45, 2.75) is 78.8 Å². The second kappa shape index (κ2) is 7.99. The zero-order chi connectivity index (χ0) is 13.0. The summed E-state index contributed by atoms with van der Waals surface area (Å²) in [5, 5.41) is 0. The van der Waals surface area contributed by atoms with Gasteiger partial charge in [0.2, 0.25) is 0 Å². The van der Waals surface area contributed by atoms with Crippen LogP contribution in [0.1, 0.15) is 67.7 Å². The number of hydrogen-bond acceptors (Lipinski definition) is 1. The van der Waals surface area contributed by atoms with E-state index < -0.39 is 0 Å². The van der Waals surface area contributed by atoms with Gasteiger partial charge >= 0.3 is 0 Å². The van der Waals surface area contributed by atoms with Crippen molar-refractivity contribution in [2.75, 3.05) is 0 Å². The molecule has 0 unspecified atom stereocenters. The Labute approximate surface area is 133 Å². The molecule has 1 aliphatic heterocycles. The monoisotopic (exact) mass is 315 g/mol. The number of nitrogens with zero attached hydrogens (tertiary/aromatic N) is 1. The molecule has 0 N–H and O–H groups in total. The number of nitroso groups, excluding NO2 is 1. The van der Waals surface area contributed by atoms with Crippen LogP contribution >= 0.6 is 0 Å². The quantitative estimate of drug-likeness (QED) is 0.521. The van der Waals surface area contributed by atoms with Crippen LogP contribution < -0.4 is 0 Å². The molecular weight excluding hydrogens is 287 g/mol. The number of piperidine rings is 1. The minimum atomic E-state index is -0.207. The molecule has 0 aromatic rings. The van der Waals surface area contributed by atoms with Gasteiger partial charge < -0.3 is 12.3 Å². The molecule has 1 saturated heterocycles. The third kappa shape index (κ3) is 7.01. The molecule has 1 rings (SSSR count). The van der Waals surface area contributed by atoms with Crippen LogP contribution in [0.4, 0.5) is 0 Å². The third-order valence-electron chi connectivity index (χ3n) is 3.09. The van der Waals surface area contributed by atoms with E-state index >= 15 is 0 Å². The fraction of sp³-hybridized carbons (Fsp3) is 0.857. The molecular formula is C14H28NOY-. The van der Waals surface area contributed by atoms with Gasteiger partial charge in [0.1, 0.15) is 0 Å². The van der Waals surface area contributed by atoms with Gasteiger partial charge in [0.15, 0.2) is 11.1 Å². The van der Waals surface area contributed by atoms with E-state index in [2.05, 4.69) is 27.2 Å². The van der Waals surface area contributed by atoms with Crippen molar-refractivity contribution in [1.29, 1.82) is 0 Å². The van der Waals surface area contributed by atoms with Crippen molar-refractivity contribution in [3.8, 4) is 0 Å². The van der Waals surface area contributed by atoms with E-state index in [0.717, 1.165) is 12.8 Å². The van der Waals surface area contributed by atoms with Crippen LogP contribution in [-0.2, 0) is 32.7 Å². The molecule has 3 heteroatoms. The minimum Gasteiger partial charge on any atom is -0.320 e. The Morgan fingerprint density at radius 3 is 1.59 bits per heavy atom. The molecule has 1 radical (unpaired) electrons. The molecule has 2 nitrogen and oxygen atoms in total. The molecule has 0 bridgehead atoms. The van der Waals surface area contributed by atoms with Crippen LogP contribution in [0.25, 0.3) is 0 Å². The van der Waals surface area contributed by atoms with Gasteiger partial charge in [-0.3, -0.25) is 0 Å². The van der Waals surface area contributed by atoms with Gasteiger partial charge in [-0.15, -0.1) is 12.8 Å². The molecule has 0 aliphatic carbocycles. The maximum absolute atomic E-state index is 11.7. The summed E-state index contributed by atoms with van der Waals surface area (Å²) in [6.45, 7) is 14.4. The molecule has 0 aromatic carbocycles. The van der Waals surface area contributed by atoms with Crippen molar-refractivity contribution < 1.29 is 37.5 Å². The fourth-order valence-electron chi connectivity index (χ4n) is 1.76. The second-order valence-electron chi connectivity index (χ2n) is 6.18. The zero-order valence-electron chi connectivity index (χ0n) is 12.6. The summed E-state index contributed by atoms with van der Waals surface area (Å²) < 4.78 is 1.24. The van der Waals surface area contributed by atoms with Crippen LogP contribution in [0.5, 0.6) is 0 Å². The molecule has 0 amide bonds. The maximum Gasteiger partial charge on any atom is 0.179 e. The summed E-state index contributed by atoms with van der Waals surface area (Å²) in [6.07, 6.45) is 5.24. The standard InChI is InChI=1S/C9H17NO.C5H11.Y/c1-8(2)6-5-7-9(3,4)10(8)11;1-4-5(2)3;/h5H,6-7H2,1-4H3;4H2,1-3H3;/q;-1;. The molecule has 17 heavy (non-hydrogen) atoms. The van der Waals surface area contributed by atoms with Gasteiger partial charge in [0.25, 0.3) is 0 Å². The Bertz CT molecular complexity index is 216. The van der Waals surface area contributed by atoms with Gasteiger partial charge in [-0.25, -0.2) is 0 Å². The molecule has 1 aliphatic rings. The molecule has 99 valence electrons. The van der Waals surface area contributed by atoms with Gasteiger partial charge in [0.05, 0.1) is 0 Å². The van der Waals surface area contributed by atoms with Crippen LogP contribution in [0.15, 0.2) is 0 Å². The van der Waals surface area contributed by atoms with Gasteiger partial charge in [-0.2, -0.15) is 20.3 Å². The SMILES string of the molecule is CC1(C)C[CH-]CC(C)(C)[N+]1=O.CC[C-](C)C.[Y]. The van der Waals surface area contributed by atoms with Gasteiger partial charge in [-0.05, 0) is 0 Å². The van der Waals surface area contributed by atoms with Gasteiger partial charge in [0, 0.05) is 70.1 Å². The van der Waals surface area contributed by atoms with Crippen molar-refractivity contribution in [3.05, 3.63) is 17.2 Å². The van der Waals surface area contributed by atoms with E-state index in [1.54, 1.807) is 0 Å². The van der Waals surface area contributed by atoms with E-state index in [4.69, 9.17) is 0 Å². The Morgan fingerprint density at radius 1 is 1.12 bits per heavy atom. The average molecular weight is 315 g/mol. The molecule has 0 atom stereocenters. The summed E-state index contributed by atoms with van der Waals surface area (Å²) in [7, 11) is 0. The van der Waals surface area contributed by atoms with Crippen molar-refractivity contribution in [3.63, 3.8) is 0 Å². The average Bonchev–Trinajstić information content (AvgIpc) is 2.15. The predicted molar refractivity (Wildman–Crippen MR) is 70.2 cm³/mol. The summed E-state index contributed by atoms with van der Waals surface area (Å²) in [6, 6.07) is 0. The third-order valence-corrected chi connectivity index (χ3v) is 3.09. The normalized spacial score (nSPS) is 21.3. The topological polar surface area (TPSA) is 20.1 Å². The first-order valence-corrected chi connectivity index (χ1v) is 6.21. The Hall–Kier alpha value is 0.704. The molecule has 1 fully saturated rings.